The van der Waals surface area contributed by atoms with Crippen LogP contribution in [-0.4, -0.2) is 0 Å². The molecule has 1 aromatic carbocycles. The average Bonchev–Trinajstić information content (AvgIpc) is 2.09. The summed E-state index contributed by atoms with van der Waals surface area (Å²) in [5, 5.41) is 0. The summed E-state index contributed by atoms with van der Waals surface area (Å²) < 4.78 is 0. The molecule has 0 spiro atoms. The van der Waals surface area contributed by atoms with Crippen molar-refractivity contribution in [2.75, 3.05) is 0 Å². The summed E-state index contributed by atoms with van der Waals surface area (Å²) in [7, 11) is 0. The summed E-state index contributed by atoms with van der Waals surface area (Å²) in [5.41, 5.74) is 5.62. The van der Waals surface area contributed by atoms with Crippen LogP contribution < -0.4 is 0 Å². The second-order valence-electron chi connectivity index (χ2n) is 3.79. The van der Waals surface area contributed by atoms with Crippen LogP contribution >= 0.6 is 0 Å². The van der Waals surface area contributed by atoms with E-state index < -0.39 is 0 Å². The highest BCUT2D eigenvalue weighted by Crippen LogP contribution is 2.19. The summed E-state index contributed by atoms with van der Waals surface area (Å²) >= 11 is 0. The van der Waals surface area contributed by atoms with Gasteiger partial charge >= 0.3 is 0 Å². The van der Waals surface area contributed by atoms with Gasteiger partial charge in [-0.05, 0) is 50.3 Å². The molecule has 0 amide bonds. The largest absolute Gasteiger partial charge is 0.0654 e. The quantitative estimate of drug-likeness (QED) is 0.652. The van der Waals surface area contributed by atoms with Gasteiger partial charge in [-0.3, -0.25) is 0 Å². The van der Waals surface area contributed by atoms with Gasteiger partial charge in [0.05, 0.1) is 0 Å². The number of hydrogen-bond donors (Lipinski definition) is 0. The molecule has 0 fully saturated rings. The highest BCUT2D eigenvalue weighted by atomic mass is 14.1. The number of hydrogen-bond acceptors (Lipinski definition) is 0. The van der Waals surface area contributed by atoms with E-state index in [4.69, 9.17) is 0 Å². The van der Waals surface area contributed by atoms with Crippen LogP contribution in [0.15, 0.2) is 12.1 Å². The molecule has 0 aliphatic rings. The predicted octanol–water partition coefficient (Wildman–Crippen LogP) is 3.96. The van der Waals surface area contributed by atoms with E-state index in [9.17, 15) is 0 Å². The number of aryl methyl sites for hydroxylation is 2. The Labute approximate surface area is 82.0 Å². The molecule has 0 aromatic heterocycles. The Morgan fingerprint density at radius 2 is 1.85 bits per heavy atom. The van der Waals surface area contributed by atoms with Crippen LogP contribution in [0.2, 0.25) is 0 Å². The molecule has 0 heterocycles. The van der Waals surface area contributed by atoms with Crippen LogP contribution in [0.25, 0.3) is 0 Å². The van der Waals surface area contributed by atoms with Gasteiger partial charge in [-0.15, -0.1) is 0 Å². The molecule has 13 heavy (non-hydrogen) atoms. The minimum Gasteiger partial charge on any atom is -0.0654 e. The molecular weight excluding hydrogens is 156 g/mol. The molecule has 0 atom stereocenters. The van der Waals surface area contributed by atoms with Crippen molar-refractivity contribution in [3.05, 3.63) is 40.8 Å². The van der Waals surface area contributed by atoms with E-state index in [1.807, 2.05) is 0 Å². The number of benzene rings is 1. The lowest BCUT2D eigenvalue weighted by Crippen LogP contribution is -1.92. The Kier molecular flexibility index (Phi) is 3.53. The molecule has 0 nitrogen and oxygen atoms in total. The van der Waals surface area contributed by atoms with Crippen molar-refractivity contribution in [3.8, 4) is 0 Å². The number of rotatable bonds is 3. The Morgan fingerprint density at radius 1 is 1.15 bits per heavy atom. The Bertz CT molecular complexity index is 284. The van der Waals surface area contributed by atoms with Gasteiger partial charge in [-0.1, -0.05) is 31.0 Å². The molecule has 0 bridgehead atoms. The zero-order chi connectivity index (χ0) is 9.84. The van der Waals surface area contributed by atoms with Gasteiger partial charge in [0.1, 0.15) is 0 Å². The van der Waals surface area contributed by atoms with Gasteiger partial charge in [0.25, 0.3) is 0 Å². The summed E-state index contributed by atoms with van der Waals surface area (Å²) in [6.45, 7) is 8.77. The molecule has 0 aliphatic carbocycles. The second kappa shape index (κ2) is 4.45. The minimum absolute atomic E-state index is 1.18. The summed E-state index contributed by atoms with van der Waals surface area (Å²) in [6.07, 6.45) is 4.76. The molecule has 0 heteroatoms. The first kappa shape index (κ1) is 10.3. The van der Waals surface area contributed by atoms with E-state index in [0.29, 0.717) is 0 Å². The Balaban J connectivity index is 2.92. The topological polar surface area (TPSA) is 0 Å². The van der Waals surface area contributed by atoms with Crippen LogP contribution in [0.4, 0.5) is 0 Å². The van der Waals surface area contributed by atoms with Crippen LogP contribution in [-0.2, 0) is 0 Å². The van der Waals surface area contributed by atoms with E-state index in [2.05, 4.69) is 46.2 Å². The second-order valence-corrected chi connectivity index (χ2v) is 3.79. The highest BCUT2D eigenvalue weighted by molar-refractivity contribution is 5.40. The maximum Gasteiger partial charge on any atom is -0.00903 e. The molecule has 0 aliphatic heterocycles. The molecule has 0 saturated carbocycles. The smallest absolute Gasteiger partial charge is 0.00903 e. The maximum atomic E-state index is 2.34. The van der Waals surface area contributed by atoms with Crippen molar-refractivity contribution in [3.63, 3.8) is 0 Å². The Hall–Kier alpha value is -0.780. The minimum atomic E-state index is 1.18. The zero-order valence-corrected chi connectivity index (χ0v) is 9.15. The van der Waals surface area contributed by atoms with Crippen molar-refractivity contribution in [1.29, 1.82) is 0 Å². The normalized spacial score (nSPS) is 10.5. The molecular formula is C13H19. The molecule has 1 radical (unpaired) electrons. The van der Waals surface area contributed by atoms with Crippen LogP contribution in [0, 0.1) is 27.2 Å². The molecule has 1 rings (SSSR count). The van der Waals surface area contributed by atoms with E-state index in [1.165, 1.54) is 35.1 Å². The molecule has 71 valence electrons. The van der Waals surface area contributed by atoms with Gasteiger partial charge in [0.2, 0.25) is 0 Å². The fourth-order valence-corrected chi connectivity index (χ4v) is 1.58. The SMILES string of the molecule is CCC[CH]c1cc(C)cc(C)c1C. The van der Waals surface area contributed by atoms with E-state index in [0.717, 1.165) is 0 Å². The lowest BCUT2D eigenvalue weighted by atomic mass is 9.96. The molecule has 0 unspecified atom stereocenters. The van der Waals surface area contributed by atoms with Gasteiger partial charge in [-0.25, -0.2) is 0 Å². The average molecular weight is 175 g/mol. The third-order valence-corrected chi connectivity index (χ3v) is 2.50. The first-order valence-electron chi connectivity index (χ1n) is 5.06. The van der Waals surface area contributed by atoms with Gasteiger partial charge in [0.15, 0.2) is 0 Å². The van der Waals surface area contributed by atoms with E-state index in [1.54, 1.807) is 0 Å². The van der Waals surface area contributed by atoms with Gasteiger partial charge in [0, 0.05) is 0 Å². The first-order valence-corrected chi connectivity index (χ1v) is 5.06. The summed E-state index contributed by atoms with van der Waals surface area (Å²) in [4.78, 5) is 0. The maximum absolute atomic E-state index is 2.34. The Morgan fingerprint density at radius 3 is 2.46 bits per heavy atom. The van der Waals surface area contributed by atoms with Gasteiger partial charge < -0.3 is 0 Å². The standard InChI is InChI=1S/C13H19/c1-5-6-7-13-9-10(2)8-11(3)12(13)4/h7-9H,5-6H2,1-4H3. The van der Waals surface area contributed by atoms with E-state index >= 15 is 0 Å². The molecule has 0 saturated heterocycles. The van der Waals surface area contributed by atoms with Crippen LogP contribution in [0.5, 0.6) is 0 Å². The first-order chi connectivity index (χ1) is 6.15. The highest BCUT2D eigenvalue weighted by Gasteiger charge is 2.01. The third-order valence-electron chi connectivity index (χ3n) is 2.50. The molecule has 0 N–H and O–H groups in total. The molecule has 1 aromatic rings. The lowest BCUT2D eigenvalue weighted by molar-refractivity contribution is 0.909. The monoisotopic (exact) mass is 175 g/mol. The third kappa shape index (κ3) is 2.58. The fraction of sp³-hybridized carbons (Fsp3) is 0.462. The van der Waals surface area contributed by atoms with Crippen molar-refractivity contribution in [1.82, 2.24) is 0 Å². The van der Waals surface area contributed by atoms with Crippen LogP contribution in [0.3, 0.4) is 0 Å². The van der Waals surface area contributed by atoms with Crippen molar-refractivity contribution in [2.24, 2.45) is 0 Å². The summed E-state index contributed by atoms with van der Waals surface area (Å²) in [5.74, 6) is 0. The zero-order valence-electron chi connectivity index (χ0n) is 9.15. The van der Waals surface area contributed by atoms with Crippen molar-refractivity contribution >= 4 is 0 Å². The predicted molar refractivity (Wildman–Crippen MR) is 59.0 cm³/mol. The fourth-order valence-electron chi connectivity index (χ4n) is 1.58. The van der Waals surface area contributed by atoms with Gasteiger partial charge in [-0.2, -0.15) is 0 Å². The van der Waals surface area contributed by atoms with Crippen molar-refractivity contribution in [2.45, 2.75) is 40.5 Å². The van der Waals surface area contributed by atoms with Crippen molar-refractivity contribution < 1.29 is 0 Å². The van der Waals surface area contributed by atoms with E-state index in [-0.39, 0.29) is 0 Å². The summed E-state index contributed by atoms with van der Waals surface area (Å²) in [6, 6.07) is 4.52. The number of unbranched alkanes of at least 4 members (excludes halogenated alkanes) is 1. The van der Waals surface area contributed by atoms with Crippen LogP contribution in [0.1, 0.15) is 42.0 Å². The lowest BCUT2D eigenvalue weighted by Gasteiger charge is -2.09.